The summed E-state index contributed by atoms with van der Waals surface area (Å²) >= 11 is 0. The zero-order chi connectivity index (χ0) is 13.9. The molecule has 3 aromatic rings. The van der Waals surface area contributed by atoms with E-state index >= 15 is 0 Å². The molecule has 3 rings (SSSR count). The van der Waals surface area contributed by atoms with Gasteiger partial charge in [0.05, 0.1) is 5.69 Å². The summed E-state index contributed by atoms with van der Waals surface area (Å²) in [7, 11) is 0. The molecule has 0 aliphatic carbocycles. The Morgan fingerprint density at radius 1 is 0.750 bits per heavy atom. The van der Waals surface area contributed by atoms with Gasteiger partial charge >= 0.3 is 0 Å². The summed E-state index contributed by atoms with van der Waals surface area (Å²) in [6, 6.07) is 18.6. The lowest BCUT2D eigenvalue weighted by atomic mass is 10.1. The van der Waals surface area contributed by atoms with Gasteiger partial charge in [-0.2, -0.15) is 0 Å². The average molecular weight is 260 g/mol. The van der Waals surface area contributed by atoms with Gasteiger partial charge in [-0.15, -0.1) is 0 Å². The van der Waals surface area contributed by atoms with E-state index in [9.17, 15) is 0 Å². The van der Waals surface area contributed by atoms with Crippen molar-refractivity contribution < 1.29 is 0 Å². The molecule has 0 N–H and O–H groups in total. The van der Waals surface area contributed by atoms with E-state index in [0.717, 1.165) is 22.6 Å². The number of aromatic nitrogens is 2. The van der Waals surface area contributed by atoms with Crippen LogP contribution in [-0.2, 0) is 0 Å². The molecule has 0 amide bonds. The molecule has 0 atom stereocenters. The van der Waals surface area contributed by atoms with E-state index in [4.69, 9.17) is 0 Å². The van der Waals surface area contributed by atoms with Crippen molar-refractivity contribution in [3.05, 3.63) is 71.9 Å². The Kier molecular flexibility index (Phi) is 3.30. The average Bonchev–Trinajstić information content (AvgIpc) is 2.48. The van der Waals surface area contributed by atoms with Gasteiger partial charge in [0.15, 0.2) is 5.82 Å². The van der Waals surface area contributed by atoms with Crippen molar-refractivity contribution in [2.24, 2.45) is 0 Å². The highest BCUT2D eigenvalue weighted by atomic mass is 14.9. The molecule has 0 aliphatic rings. The summed E-state index contributed by atoms with van der Waals surface area (Å²) in [4.78, 5) is 9.06. The minimum atomic E-state index is 0.770. The topological polar surface area (TPSA) is 25.8 Å². The molecule has 0 saturated carbocycles. The summed E-state index contributed by atoms with van der Waals surface area (Å²) in [5.41, 5.74) is 5.59. The molecular weight excluding hydrogens is 244 g/mol. The third-order valence-corrected chi connectivity index (χ3v) is 3.28. The van der Waals surface area contributed by atoms with Gasteiger partial charge < -0.3 is 0 Å². The van der Waals surface area contributed by atoms with Crippen LogP contribution in [0.25, 0.3) is 22.6 Å². The fraction of sp³-hybridized carbons (Fsp3) is 0.111. The first-order chi connectivity index (χ1) is 9.72. The van der Waals surface area contributed by atoms with Gasteiger partial charge in [-0.05, 0) is 26.0 Å². The van der Waals surface area contributed by atoms with Crippen LogP contribution in [0, 0.1) is 13.8 Å². The number of hydrogen-bond donors (Lipinski definition) is 0. The molecule has 20 heavy (non-hydrogen) atoms. The smallest absolute Gasteiger partial charge is 0.159 e. The van der Waals surface area contributed by atoms with E-state index in [1.54, 1.807) is 0 Å². The van der Waals surface area contributed by atoms with Crippen molar-refractivity contribution in [1.82, 2.24) is 9.97 Å². The molecule has 1 aromatic heterocycles. The number of benzene rings is 2. The number of rotatable bonds is 2. The Labute approximate surface area is 119 Å². The van der Waals surface area contributed by atoms with E-state index in [1.807, 2.05) is 24.4 Å². The summed E-state index contributed by atoms with van der Waals surface area (Å²) in [6.45, 7) is 4.16. The minimum absolute atomic E-state index is 0.770. The lowest BCUT2D eigenvalue weighted by Gasteiger charge is -2.05. The fourth-order valence-electron chi connectivity index (χ4n) is 2.17. The third-order valence-electron chi connectivity index (χ3n) is 3.28. The highest BCUT2D eigenvalue weighted by Gasteiger charge is 2.04. The number of aryl methyl sites for hydroxylation is 2. The molecule has 2 aromatic carbocycles. The fourth-order valence-corrected chi connectivity index (χ4v) is 2.17. The van der Waals surface area contributed by atoms with Crippen molar-refractivity contribution in [2.75, 3.05) is 0 Å². The maximum absolute atomic E-state index is 4.67. The Morgan fingerprint density at radius 3 is 2.30 bits per heavy atom. The van der Waals surface area contributed by atoms with Gasteiger partial charge in [0, 0.05) is 17.3 Å². The van der Waals surface area contributed by atoms with Crippen LogP contribution in [0.1, 0.15) is 11.1 Å². The molecule has 2 heteroatoms. The SMILES string of the molecule is Cc1ccc(-c2ccnc(-c3cccc(C)c3)n2)cc1. The Balaban J connectivity index is 2.03. The van der Waals surface area contributed by atoms with E-state index in [0.29, 0.717) is 0 Å². The Hall–Kier alpha value is -2.48. The third kappa shape index (κ3) is 2.59. The first kappa shape index (κ1) is 12.5. The predicted octanol–water partition coefficient (Wildman–Crippen LogP) is 4.43. The van der Waals surface area contributed by atoms with Crippen LogP contribution >= 0.6 is 0 Å². The van der Waals surface area contributed by atoms with Gasteiger partial charge in [-0.1, -0.05) is 53.6 Å². The number of nitrogens with zero attached hydrogens (tertiary/aromatic N) is 2. The first-order valence-corrected chi connectivity index (χ1v) is 6.69. The lowest BCUT2D eigenvalue weighted by Crippen LogP contribution is -1.92. The maximum Gasteiger partial charge on any atom is 0.159 e. The largest absolute Gasteiger partial charge is 0.237 e. The number of hydrogen-bond acceptors (Lipinski definition) is 2. The van der Waals surface area contributed by atoms with Gasteiger partial charge in [-0.25, -0.2) is 9.97 Å². The molecule has 0 bridgehead atoms. The summed E-state index contributed by atoms with van der Waals surface area (Å²) in [5.74, 6) is 0.770. The van der Waals surface area contributed by atoms with E-state index in [2.05, 4.69) is 60.2 Å². The quantitative estimate of drug-likeness (QED) is 0.681. The second kappa shape index (κ2) is 5.25. The molecule has 2 nitrogen and oxygen atoms in total. The van der Waals surface area contributed by atoms with Gasteiger partial charge in [0.1, 0.15) is 0 Å². The molecular formula is C18H16N2. The second-order valence-electron chi connectivity index (χ2n) is 5.00. The van der Waals surface area contributed by atoms with Crippen LogP contribution < -0.4 is 0 Å². The van der Waals surface area contributed by atoms with Crippen molar-refractivity contribution >= 4 is 0 Å². The zero-order valence-corrected chi connectivity index (χ0v) is 11.7. The highest BCUT2D eigenvalue weighted by molar-refractivity contribution is 5.63. The molecule has 0 radical (unpaired) electrons. The molecule has 98 valence electrons. The molecule has 0 aliphatic heterocycles. The Morgan fingerprint density at radius 2 is 1.55 bits per heavy atom. The molecule has 1 heterocycles. The van der Waals surface area contributed by atoms with Crippen LogP contribution in [0.4, 0.5) is 0 Å². The van der Waals surface area contributed by atoms with Crippen molar-refractivity contribution in [3.63, 3.8) is 0 Å². The summed E-state index contributed by atoms with van der Waals surface area (Å²) < 4.78 is 0. The molecule has 0 unspecified atom stereocenters. The van der Waals surface area contributed by atoms with Gasteiger partial charge in [0.25, 0.3) is 0 Å². The van der Waals surface area contributed by atoms with Crippen LogP contribution in [0.5, 0.6) is 0 Å². The van der Waals surface area contributed by atoms with Crippen LogP contribution in [0.2, 0.25) is 0 Å². The van der Waals surface area contributed by atoms with E-state index < -0.39 is 0 Å². The normalized spacial score (nSPS) is 10.5. The van der Waals surface area contributed by atoms with Crippen molar-refractivity contribution in [1.29, 1.82) is 0 Å². The van der Waals surface area contributed by atoms with E-state index in [-0.39, 0.29) is 0 Å². The van der Waals surface area contributed by atoms with Crippen molar-refractivity contribution in [2.45, 2.75) is 13.8 Å². The van der Waals surface area contributed by atoms with E-state index in [1.165, 1.54) is 11.1 Å². The highest BCUT2D eigenvalue weighted by Crippen LogP contribution is 2.21. The predicted molar refractivity (Wildman–Crippen MR) is 82.4 cm³/mol. The van der Waals surface area contributed by atoms with Crippen LogP contribution in [0.15, 0.2) is 60.8 Å². The Bertz CT molecular complexity index is 730. The van der Waals surface area contributed by atoms with Crippen LogP contribution in [0.3, 0.4) is 0 Å². The van der Waals surface area contributed by atoms with Crippen LogP contribution in [-0.4, -0.2) is 9.97 Å². The molecule has 0 fully saturated rings. The molecule has 0 spiro atoms. The maximum atomic E-state index is 4.67. The zero-order valence-electron chi connectivity index (χ0n) is 11.7. The van der Waals surface area contributed by atoms with Crippen molar-refractivity contribution in [3.8, 4) is 22.6 Å². The summed E-state index contributed by atoms with van der Waals surface area (Å²) in [5, 5.41) is 0. The monoisotopic (exact) mass is 260 g/mol. The lowest BCUT2D eigenvalue weighted by molar-refractivity contribution is 1.18. The molecule has 0 saturated heterocycles. The standard InChI is InChI=1S/C18H16N2/c1-13-6-8-15(9-7-13)17-10-11-19-18(20-17)16-5-3-4-14(2)12-16/h3-12H,1-2H3. The second-order valence-corrected chi connectivity index (χ2v) is 5.00. The minimum Gasteiger partial charge on any atom is -0.237 e. The first-order valence-electron chi connectivity index (χ1n) is 6.69. The van der Waals surface area contributed by atoms with Gasteiger partial charge in [-0.3, -0.25) is 0 Å². The summed E-state index contributed by atoms with van der Waals surface area (Å²) in [6.07, 6.45) is 1.82. The van der Waals surface area contributed by atoms with Gasteiger partial charge in [0.2, 0.25) is 0 Å².